The third-order valence-corrected chi connectivity index (χ3v) is 8.96. The summed E-state index contributed by atoms with van der Waals surface area (Å²) in [6, 6.07) is 18.7. The van der Waals surface area contributed by atoms with Crippen molar-refractivity contribution < 1.29 is 13.2 Å². The number of carbonyl (C=O) groups excluding carboxylic acids is 1. The number of hydrogen-bond acceptors (Lipinski definition) is 4. The van der Waals surface area contributed by atoms with Gasteiger partial charge in [0.2, 0.25) is 10.0 Å². The van der Waals surface area contributed by atoms with Gasteiger partial charge >= 0.3 is 0 Å². The molecule has 0 N–H and O–H groups in total. The first-order valence-corrected chi connectivity index (χ1v) is 13.4. The third-order valence-electron chi connectivity index (χ3n) is 5.31. The zero-order valence-electron chi connectivity index (χ0n) is 18.4. The lowest BCUT2D eigenvalue weighted by Crippen LogP contribution is -2.26. The minimum Gasteiger partial charge on any atom is -0.315 e. The number of thiazole rings is 1. The third kappa shape index (κ3) is 4.82. The summed E-state index contributed by atoms with van der Waals surface area (Å²) in [7, 11) is -2.19. The van der Waals surface area contributed by atoms with Crippen molar-refractivity contribution in [3.63, 3.8) is 0 Å². The van der Waals surface area contributed by atoms with Crippen molar-refractivity contribution in [1.29, 1.82) is 0 Å². The number of rotatable bonds is 6. The molecule has 0 bridgehead atoms. The van der Waals surface area contributed by atoms with E-state index in [9.17, 15) is 13.2 Å². The van der Waals surface area contributed by atoms with E-state index in [4.69, 9.17) is 23.2 Å². The number of fused-ring (bicyclic) bond motifs is 1. The normalized spacial score (nSPS) is 12.6. The molecule has 0 aliphatic heterocycles. The van der Waals surface area contributed by atoms with Crippen LogP contribution in [-0.4, -0.2) is 30.2 Å². The lowest BCUT2D eigenvalue weighted by Gasteiger charge is -2.17. The van der Waals surface area contributed by atoms with Gasteiger partial charge in [-0.05, 0) is 48.9 Å². The summed E-state index contributed by atoms with van der Waals surface area (Å²) in [4.78, 5) is 17.7. The standard InChI is InChI=1S/C24H21Cl2N3O3S2/c1-3-29-22-20(14-13-19(25)21(22)26)33-24(29)27-23(30)17-9-11-18(12-10-17)34(31,32)28(2)15-16-7-5-4-6-8-16/h4-14H,3,15H2,1-2H3. The maximum atomic E-state index is 12.9. The molecule has 4 aromatic rings. The van der Waals surface area contributed by atoms with Gasteiger partial charge in [0.15, 0.2) is 4.80 Å². The molecule has 6 nitrogen and oxygen atoms in total. The first-order chi connectivity index (χ1) is 16.2. The summed E-state index contributed by atoms with van der Waals surface area (Å²) in [5.74, 6) is -0.474. The quantitative estimate of drug-likeness (QED) is 0.324. The number of amides is 1. The molecule has 10 heteroatoms. The molecule has 0 aliphatic rings. The SMILES string of the molecule is CCn1c(=NC(=O)c2ccc(S(=O)(=O)N(C)Cc3ccccc3)cc2)sc2ccc(Cl)c(Cl)c21. The van der Waals surface area contributed by atoms with Gasteiger partial charge in [-0.1, -0.05) is 64.9 Å². The Hall–Kier alpha value is -2.49. The smallest absolute Gasteiger partial charge is 0.279 e. The van der Waals surface area contributed by atoms with Crippen molar-refractivity contribution in [2.24, 2.45) is 4.99 Å². The molecular formula is C24H21Cl2N3O3S2. The van der Waals surface area contributed by atoms with E-state index >= 15 is 0 Å². The average molecular weight is 534 g/mol. The Morgan fingerprint density at radius 2 is 1.71 bits per heavy atom. The van der Waals surface area contributed by atoms with Gasteiger partial charge in [-0.25, -0.2) is 8.42 Å². The van der Waals surface area contributed by atoms with Gasteiger partial charge in [0.1, 0.15) is 0 Å². The maximum Gasteiger partial charge on any atom is 0.279 e. The molecule has 0 radical (unpaired) electrons. The molecule has 34 heavy (non-hydrogen) atoms. The summed E-state index contributed by atoms with van der Waals surface area (Å²) in [5.41, 5.74) is 1.90. The molecule has 3 aromatic carbocycles. The lowest BCUT2D eigenvalue weighted by molar-refractivity contribution is 0.0997. The van der Waals surface area contributed by atoms with Crippen molar-refractivity contribution in [2.45, 2.75) is 24.9 Å². The van der Waals surface area contributed by atoms with Crippen LogP contribution in [0.25, 0.3) is 10.2 Å². The highest BCUT2D eigenvalue weighted by Crippen LogP contribution is 2.32. The van der Waals surface area contributed by atoms with E-state index in [1.165, 1.54) is 47.0 Å². The monoisotopic (exact) mass is 533 g/mol. The molecule has 0 unspecified atom stereocenters. The van der Waals surface area contributed by atoms with Crippen molar-refractivity contribution in [1.82, 2.24) is 8.87 Å². The van der Waals surface area contributed by atoms with E-state index in [2.05, 4.69) is 4.99 Å². The molecule has 0 saturated carbocycles. The van der Waals surface area contributed by atoms with Crippen molar-refractivity contribution >= 4 is 60.7 Å². The van der Waals surface area contributed by atoms with Crippen LogP contribution in [0.1, 0.15) is 22.8 Å². The highest BCUT2D eigenvalue weighted by Gasteiger charge is 2.21. The van der Waals surface area contributed by atoms with E-state index in [0.29, 0.717) is 21.4 Å². The van der Waals surface area contributed by atoms with E-state index in [1.807, 2.05) is 47.9 Å². The number of halogens is 2. The first-order valence-electron chi connectivity index (χ1n) is 10.4. The molecule has 0 spiro atoms. The second kappa shape index (κ2) is 10.0. The minimum absolute atomic E-state index is 0.106. The summed E-state index contributed by atoms with van der Waals surface area (Å²) >= 11 is 13.9. The van der Waals surface area contributed by atoms with Crippen LogP contribution in [-0.2, 0) is 23.1 Å². The highest BCUT2D eigenvalue weighted by atomic mass is 35.5. The Kier molecular flexibility index (Phi) is 7.25. The number of aromatic nitrogens is 1. The lowest BCUT2D eigenvalue weighted by atomic mass is 10.2. The Balaban J connectivity index is 1.62. The van der Waals surface area contributed by atoms with E-state index in [-0.39, 0.29) is 17.0 Å². The number of carbonyl (C=O) groups is 1. The Bertz CT molecular complexity index is 1530. The van der Waals surface area contributed by atoms with Crippen molar-refractivity contribution in [2.75, 3.05) is 7.05 Å². The number of benzene rings is 3. The fourth-order valence-corrected chi connectivity index (χ4v) is 6.24. The van der Waals surface area contributed by atoms with Gasteiger partial charge in [-0.3, -0.25) is 4.79 Å². The number of hydrogen-bond donors (Lipinski definition) is 0. The highest BCUT2D eigenvalue weighted by molar-refractivity contribution is 7.89. The summed E-state index contributed by atoms with van der Waals surface area (Å²) in [5, 5.41) is 0.849. The summed E-state index contributed by atoms with van der Waals surface area (Å²) < 4.78 is 29.9. The molecule has 0 atom stereocenters. The summed E-state index contributed by atoms with van der Waals surface area (Å²) in [6.07, 6.45) is 0. The molecule has 1 amide bonds. The predicted octanol–water partition coefficient (Wildman–Crippen LogP) is 5.59. The van der Waals surface area contributed by atoms with Crippen LogP contribution in [0.5, 0.6) is 0 Å². The molecule has 0 fully saturated rings. The second-order valence-electron chi connectivity index (χ2n) is 7.53. The molecule has 4 rings (SSSR count). The van der Waals surface area contributed by atoms with Crippen LogP contribution in [0, 0.1) is 0 Å². The van der Waals surface area contributed by atoms with Crippen LogP contribution in [0.4, 0.5) is 0 Å². The van der Waals surface area contributed by atoms with Gasteiger partial charge in [-0.2, -0.15) is 9.30 Å². The van der Waals surface area contributed by atoms with Crippen LogP contribution in [0.15, 0.2) is 76.6 Å². The van der Waals surface area contributed by atoms with Crippen molar-refractivity contribution in [3.05, 3.63) is 92.7 Å². The molecule has 0 saturated heterocycles. The van der Waals surface area contributed by atoms with E-state index in [0.717, 1.165) is 15.8 Å². The van der Waals surface area contributed by atoms with Gasteiger partial charge in [-0.15, -0.1) is 0 Å². The average Bonchev–Trinajstić information content (AvgIpc) is 3.19. The van der Waals surface area contributed by atoms with Crippen LogP contribution < -0.4 is 4.80 Å². The fraction of sp³-hybridized carbons (Fsp3) is 0.167. The number of sulfonamides is 1. The van der Waals surface area contributed by atoms with Crippen LogP contribution in [0.3, 0.4) is 0 Å². The largest absolute Gasteiger partial charge is 0.315 e. The minimum atomic E-state index is -3.71. The Morgan fingerprint density at radius 3 is 2.35 bits per heavy atom. The molecule has 1 heterocycles. The zero-order valence-corrected chi connectivity index (χ0v) is 21.5. The van der Waals surface area contributed by atoms with E-state index in [1.54, 1.807) is 6.07 Å². The fourth-order valence-electron chi connectivity index (χ4n) is 3.51. The van der Waals surface area contributed by atoms with Gasteiger partial charge < -0.3 is 4.57 Å². The Labute approximate surface area is 211 Å². The zero-order chi connectivity index (χ0) is 24.5. The molecule has 0 aliphatic carbocycles. The summed E-state index contributed by atoms with van der Waals surface area (Å²) in [6.45, 7) is 2.73. The van der Waals surface area contributed by atoms with Crippen LogP contribution in [0.2, 0.25) is 10.0 Å². The maximum absolute atomic E-state index is 12.9. The number of aryl methyl sites for hydroxylation is 1. The topological polar surface area (TPSA) is 71.7 Å². The van der Waals surface area contributed by atoms with Crippen LogP contribution >= 0.6 is 34.5 Å². The predicted molar refractivity (Wildman–Crippen MR) is 137 cm³/mol. The van der Waals surface area contributed by atoms with E-state index < -0.39 is 15.9 Å². The molecule has 176 valence electrons. The number of nitrogens with zero attached hydrogens (tertiary/aromatic N) is 3. The first kappa shape index (κ1) is 24.6. The van der Waals surface area contributed by atoms with Gasteiger partial charge in [0, 0.05) is 25.7 Å². The molecular weight excluding hydrogens is 513 g/mol. The second-order valence-corrected chi connectivity index (χ2v) is 11.4. The van der Waals surface area contributed by atoms with Crippen molar-refractivity contribution in [3.8, 4) is 0 Å². The van der Waals surface area contributed by atoms with Gasteiger partial charge in [0.25, 0.3) is 5.91 Å². The molecule has 1 aromatic heterocycles. The van der Waals surface area contributed by atoms with Gasteiger partial charge in [0.05, 0.1) is 25.2 Å². The Morgan fingerprint density at radius 1 is 1.03 bits per heavy atom.